The van der Waals surface area contributed by atoms with E-state index in [9.17, 15) is 14.7 Å². The molecule has 0 radical (unpaired) electrons. The van der Waals surface area contributed by atoms with E-state index in [-0.39, 0.29) is 17.0 Å². The second-order valence-electron chi connectivity index (χ2n) is 9.40. The number of thioether (sulfide) groups is 1. The number of carboxylic acids is 1. The number of rotatable bonds is 4. The van der Waals surface area contributed by atoms with Crippen molar-refractivity contribution in [1.29, 1.82) is 0 Å². The lowest BCUT2D eigenvalue weighted by molar-refractivity contribution is -0.923. The molecule has 0 aromatic rings. The molecule has 8 heteroatoms. The summed E-state index contributed by atoms with van der Waals surface area (Å²) in [5, 5.41) is 12.0. The molecule has 144 valence electrons. The van der Waals surface area contributed by atoms with Crippen molar-refractivity contribution >= 4 is 31.7 Å². The number of carbonyl (C=O) groups is 2. The number of nitrogens with zero attached hydrogens (tertiary/aromatic N) is 2. The molecule has 1 amide bonds. The van der Waals surface area contributed by atoms with Crippen LogP contribution in [0.4, 0.5) is 0 Å². The third kappa shape index (κ3) is 2.45. The van der Waals surface area contributed by atoms with Gasteiger partial charge in [-0.25, -0.2) is 0 Å². The number of aliphatic carboxylic acids is 1. The predicted octanol–water partition coefficient (Wildman–Crippen LogP) is 0.601. The van der Waals surface area contributed by atoms with Crippen LogP contribution in [0, 0.1) is 0 Å². The SMILES string of the molecule is C[Si](C)(C)C1(N)S[C@@H]2CC(=O)N2C(C(=O)[O-])=C1C[N+]12CCCC1CCC2. The number of carbonyl (C=O) groups excluding carboxylic acids is 2. The van der Waals surface area contributed by atoms with Crippen LogP contribution < -0.4 is 10.8 Å². The first-order valence-electron chi connectivity index (χ1n) is 9.69. The second kappa shape index (κ2) is 5.83. The van der Waals surface area contributed by atoms with Crippen LogP contribution in [0.15, 0.2) is 11.3 Å². The zero-order valence-electron chi connectivity index (χ0n) is 15.9. The monoisotopic (exact) mass is 395 g/mol. The van der Waals surface area contributed by atoms with Gasteiger partial charge in [-0.1, -0.05) is 19.6 Å². The van der Waals surface area contributed by atoms with E-state index < -0.39 is 18.5 Å². The van der Waals surface area contributed by atoms with Crippen LogP contribution in [0.1, 0.15) is 32.1 Å². The summed E-state index contributed by atoms with van der Waals surface area (Å²) in [5.41, 5.74) is 7.90. The maximum absolute atomic E-state index is 12.2. The summed E-state index contributed by atoms with van der Waals surface area (Å²) >= 11 is 1.62. The van der Waals surface area contributed by atoms with Crippen LogP contribution in [0.3, 0.4) is 0 Å². The molecule has 4 rings (SSSR count). The highest BCUT2D eigenvalue weighted by Crippen LogP contribution is 2.52. The van der Waals surface area contributed by atoms with Crippen molar-refractivity contribution in [2.24, 2.45) is 5.73 Å². The molecule has 0 saturated carbocycles. The normalized spacial score (nSPS) is 39.7. The molecule has 2 atom stereocenters. The zero-order valence-corrected chi connectivity index (χ0v) is 17.7. The molecule has 0 aliphatic carbocycles. The summed E-state index contributed by atoms with van der Waals surface area (Å²) in [5.74, 6) is -1.35. The molecule has 4 heterocycles. The third-order valence-corrected chi connectivity index (χ3v) is 13.0. The van der Waals surface area contributed by atoms with E-state index in [2.05, 4.69) is 19.6 Å². The molecule has 4 aliphatic heterocycles. The molecular weight excluding hydrogens is 366 g/mol. The van der Waals surface area contributed by atoms with E-state index in [0.29, 0.717) is 19.0 Å². The van der Waals surface area contributed by atoms with Crippen molar-refractivity contribution in [1.82, 2.24) is 4.90 Å². The van der Waals surface area contributed by atoms with Crippen LogP contribution in [-0.2, 0) is 9.59 Å². The van der Waals surface area contributed by atoms with Crippen molar-refractivity contribution in [3.63, 3.8) is 0 Å². The predicted molar refractivity (Wildman–Crippen MR) is 102 cm³/mol. The highest BCUT2D eigenvalue weighted by Gasteiger charge is 2.59. The quantitative estimate of drug-likeness (QED) is 0.428. The van der Waals surface area contributed by atoms with Crippen LogP contribution in [0.2, 0.25) is 19.6 Å². The molecule has 26 heavy (non-hydrogen) atoms. The fourth-order valence-electron chi connectivity index (χ4n) is 5.46. The molecule has 2 N–H and O–H groups in total. The van der Waals surface area contributed by atoms with E-state index in [0.717, 1.165) is 23.1 Å². The Morgan fingerprint density at radius 2 is 1.96 bits per heavy atom. The van der Waals surface area contributed by atoms with Crippen LogP contribution in [0.5, 0.6) is 0 Å². The molecule has 3 fully saturated rings. The molecule has 0 spiro atoms. The van der Waals surface area contributed by atoms with Crippen molar-refractivity contribution in [2.75, 3.05) is 19.6 Å². The minimum absolute atomic E-state index is 0.0972. The minimum Gasteiger partial charge on any atom is -0.543 e. The Morgan fingerprint density at radius 3 is 2.46 bits per heavy atom. The van der Waals surface area contributed by atoms with Gasteiger partial charge >= 0.3 is 0 Å². The van der Waals surface area contributed by atoms with Crippen molar-refractivity contribution in [2.45, 2.75) is 67.7 Å². The fourth-order valence-corrected chi connectivity index (χ4v) is 9.67. The van der Waals surface area contributed by atoms with Gasteiger partial charge in [-0.3, -0.25) is 9.69 Å². The van der Waals surface area contributed by atoms with E-state index in [4.69, 9.17) is 5.73 Å². The Bertz CT molecular complexity index is 694. The average Bonchev–Trinajstić information content (AvgIpc) is 3.07. The summed E-state index contributed by atoms with van der Waals surface area (Å²) in [7, 11) is -1.97. The van der Waals surface area contributed by atoms with Gasteiger partial charge in [-0.05, 0) is 0 Å². The van der Waals surface area contributed by atoms with Crippen molar-refractivity contribution in [3.05, 3.63) is 11.3 Å². The van der Waals surface area contributed by atoms with Crippen LogP contribution >= 0.6 is 11.8 Å². The molecule has 3 saturated heterocycles. The van der Waals surface area contributed by atoms with Gasteiger partial charge in [0, 0.05) is 31.3 Å². The number of nitrogens with two attached hydrogens (primary N) is 1. The standard InChI is InChI=1S/C18H29N3O3SSi/c1-26(2,3)18(19)13(11-21-8-4-6-12(21)7-5-9-21)16(17(23)24)20-14(22)10-15(20)25-18/h12,15H,4-11,19H2,1-3H3/t12?,15-,18?,21?/m1/s1. The third-order valence-electron chi connectivity index (χ3n) is 7.04. The highest BCUT2D eigenvalue weighted by molar-refractivity contribution is 8.03. The van der Waals surface area contributed by atoms with E-state index >= 15 is 0 Å². The van der Waals surface area contributed by atoms with E-state index in [1.165, 1.54) is 30.6 Å². The van der Waals surface area contributed by atoms with E-state index in [1.54, 1.807) is 11.8 Å². The Morgan fingerprint density at radius 1 is 1.35 bits per heavy atom. The van der Waals surface area contributed by atoms with Crippen molar-refractivity contribution in [3.8, 4) is 0 Å². The summed E-state index contributed by atoms with van der Waals surface area (Å²) < 4.78 is 0.288. The Labute approximate surface area is 160 Å². The van der Waals surface area contributed by atoms with Gasteiger partial charge in [0.15, 0.2) is 0 Å². The second-order valence-corrected chi connectivity index (χ2v) is 16.5. The Hall–Kier alpha value is -0.833. The van der Waals surface area contributed by atoms with E-state index in [1.807, 2.05) is 0 Å². The lowest BCUT2D eigenvalue weighted by Crippen LogP contribution is -2.70. The molecule has 1 unspecified atom stereocenters. The number of fused-ring (bicyclic) bond motifs is 2. The number of hydrogen-bond donors (Lipinski definition) is 1. The summed E-state index contributed by atoms with van der Waals surface area (Å²) in [6.45, 7) is 9.46. The molecule has 6 nitrogen and oxygen atoms in total. The number of amides is 1. The molecule has 4 aliphatic rings. The first-order chi connectivity index (χ1) is 12.1. The molecule has 0 aromatic heterocycles. The number of carboxylic acid groups (broad SMARTS) is 1. The van der Waals surface area contributed by atoms with Crippen LogP contribution in [-0.4, -0.2) is 64.9 Å². The van der Waals surface area contributed by atoms with Gasteiger partial charge in [0.05, 0.1) is 55.2 Å². The van der Waals surface area contributed by atoms with Gasteiger partial charge in [-0.15, -0.1) is 11.8 Å². The van der Waals surface area contributed by atoms with Gasteiger partial charge < -0.3 is 20.1 Å². The molecule has 0 bridgehead atoms. The zero-order chi connectivity index (χ0) is 18.9. The lowest BCUT2D eigenvalue weighted by atomic mass is 10.0. The lowest BCUT2D eigenvalue weighted by Gasteiger charge is -2.56. The molecular formula is C18H29N3O3SSi. The summed E-state index contributed by atoms with van der Waals surface area (Å²) in [6, 6.07) is 0.617. The van der Waals surface area contributed by atoms with Crippen LogP contribution in [0.25, 0.3) is 0 Å². The summed E-state index contributed by atoms with van der Waals surface area (Å²) in [6.07, 6.45) is 5.21. The molecule has 0 aromatic carbocycles. The first kappa shape index (κ1) is 18.5. The van der Waals surface area contributed by atoms with Gasteiger partial charge in [0.2, 0.25) is 5.91 Å². The first-order valence-corrected chi connectivity index (χ1v) is 14.1. The van der Waals surface area contributed by atoms with Crippen molar-refractivity contribution < 1.29 is 19.2 Å². The maximum Gasteiger partial charge on any atom is 0.230 e. The Balaban J connectivity index is 1.85. The minimum atomic E-state index is -1.97. The largest absolute Gasteiger partial charge is 0.543 e. The smallest absolute Gasteiger partial charge is 0.230 e. The number of hydrogen-bond acceptors (Lipinski definition) is 5. The fraction of sp³-hybridized carbons (Fsp3) is 0.778. The van der Waals surface area contributed by atoms with Gasteiger partial charge in [0.1, 0.15) is 6.54 Å². The Kier molecular flexibility index (Phi) is 4.15. The topological polar surface area (TPSA) is 86.5 Å². The highest BCUT2D eigenvalue weighted by atomic mass is 32.2. The number of quaternary nitrogens is 1. The maximum atomic E-state index is 12.2. The number of β-lactam (4-membered cyclic amide) rings is 1. The summed E-state index contributed by atoms with van der Waals surface area (Å²) in [4.78, 5) is 25.8. The average molecular weight is 396 g/mol. The van der Waals surface area contributed by atoms with Gasteiger partial charge in [0.25, 0.3) is 0 Å². The van der Waals surface area contributed by atoms with Gasteiger partial charge in [-0.2, -0.15) is 0 Å².